The first-order valence-electron chi connectivity index (χ1n) is 6.34. The van der Waals surface area contributed by atoms with Crippen LogP contribution in [-0.4, -0.2) is 67.6 Å². The molecule has 1 heterocycles. The number of rotatable bonds is 4. The molecule has 104 valence electrons. The number of likely N-dealkylation sites (tertiary alicyclic amines) is 1. The van der Waals surface area contributed by atoms with Gasteiger partial charge in [-0.2, -0.15) is 0 Å². The third-order valence-electron chi connectivity index (χ3n) is 3.30. The number of hydrogen-bond donors (Lipinski definition) is 1. The third-order valence-corrected chi connectivity index (χ3v) is 3.30. The van der Waals surface area contributed by atoms with Crippen LogP contribution in [0.15, 0.2) is 0 Å². The lowest BCUT2D eigenvalue weighted by molar-refractivity contribution is -0.151. The Bertz CT molecular complexity index is 309. The van der Waals surface area contributed by atoms with Crippen LogP contribution in [-0.2, 0) is 14.3 Å². The summed E-state index contributed by atoms with van der Waals surface area (Å²) in [6.45, 7) is 3.78. The van der Waals surface area contributed by atoms with E-state index in [0.717, 1.165) is 25.9 Å². The molecule has 6 nitrogen and oxygen atoms in total. The standard InChI is InChI=1S/C12H23N3O3/c1-4-18-12(17)10(13)11(16)15(3)9-6-5-7-14(2)8-9/h9-10H,4-8,13H2,1-3H3. The van der Waals surface area contributed by atoms with Crippen molar-refractivity contribution >= 4 is 11.9 Å². The van der Waals surface area contributed by atoms with Crippen LogP contribution in [0.1, 0.15) is 19.8 Å². The molecule has 0 aromatic heterocycles. The van der Waals surface area contributed by atoms with Gasteiger partial charge in [0.05, 0.1) is 6.61 Å². The Morgan fingerprint density at radius 1 is 1.56 bits per heavy atom. The monoisotopic (exact) mass is 257 g/mol. The normalized spacial score (nSPS) is 22.3. The van der Waals surface area contributed by atoms with Gasteiger partial charge in [-0.25, -0.2) is 4.79 Å². The Morgan fingerprint density at radius 3 is 2.78 bits per heavy atom. The molecule has 2 N–H and O–H groups in total. The summed E-state index contributed by atoms with van der Waals surface area (Å²) in [6.07, 6.45) is 2.00. The van der Waals surface area contributed by atoms with E-state index >= 15 is 0 Å². The van der Waals surface area contributed by atoms with Crippen LogP contribution in [0.5, 0.6) is 0 Å². The summed E-state index contributed by atoms with van der Waals surface area (Å²) < 4.78 is 4.76. The van der Waals surface area contributed by atoms with Gasteiger partial charge in [0.15, 0.2) is 6.04 Å². The van der Waals surface area contributed by atoms with Gasteiger partial charge in [-0.1, -0.05) is 0 Å². The summed E-state index contributed by atoms with van der Waals surface area (Å²) in [7, 11) is 3.72. The van der Waals surface area contributed by atoms with E-state index in [-0.39, 0.29) is 18.6 Å². The molecule has 2 unspecified atom stereocenters. The van der Waals surface area contributed by atoms with E-state index in [1.807, 2.05) is 7.05 Å². The van der Waals surface area contributed by atoms with Gasteiger partial charge in [0.1, 0.15) is 0 Å². The predicted molar refractivity (Wildman–Crippen MR) is 67.9 cm³/mol. The first kappa shape index (κ1) is 14.9. The molecule has 1 saturated heterocycles. The number of nitrogens with zero attached hydrogens (tertiary/aromatic N) is 2. The predicted octanol–water partition coefficient (Wildman–Crippen LogP) is -0.571. The van der Waals surface area contributed by atoms with Gasteiger partial charge in [-0.3, -0.25) is 4.79 Å². The van der Waals surface area contributed by atoms with Gasteiger partial charge in [0, 0.05) is 19.6 Å². The summed E-state index contributed by atoms with van der Waals surface area (Å²) in [5.74, 6) is -1.02. The first-order valence-corrected chi connectivity index (χ1v) is 6.34. The van der Waals surface area contributed by atoms with Gasteiger partial charge in [0.2, 0.25) is 0 Å². The lowest BCUT2D eigenvalue weighted by Gasteiger charge is -2.36. The molecule has 18 heavy (non-hydrogen) atoms. The van der Waals surface area contributed by atoms with Crippen LogP contribution >= 0.6 is 0 Å². The molecular formula is C12H23N3O3. The second-order valence-corrected chi connectivity index (χ2v) is 4.74. The minimum absolute atomic E-state index is 0.122. The number of esters is 1. The summed E-state index contributed by atoms with van der Waals surface area (Å²) >= 11 is 0. The maximum Gasteiger partial charge on any atom is 0.332 e. The smallest absolute Gasteiger partial charge is 0.332 e. The van der Waals surface area contributed by atoms with Crippen LogP contribution in [0.3, 0.4) is 0 Å². The Morgan fingerprint density at radius 2 is 2.22 bits per heavy atom. The molecule has 1 fully saturated rings. The molecule has 0 saturated carbocycles. The maximum absolute atomic E-state index is 12.0. The molecule has 1 rings (SSSR count). The van der Waals surface area contributed by atoms with Gasteiger partial charge < -0.3 is 20.3 Å². The molecule has 6 heteroatoms. The van der Waals surface area contributed by atoms with E-state index < -0.39 is 12.0 Å². The van der Waals surface area contributed by atoms with Crippen molar-refractivity contribution in [1.29, 1.82) is 0 Å². The van der Waals surface area contributed by atoms with Gasteiger partial charge >= 0.3 is 5.97 Å². The van der Waals surface area contributed by atoms with E-state index in [1.54, 1.807) is 18.9 Å². The average molecular weight is 257 g/mol. The molecule has 0 aromatic rings. The van der Waals surface area contributed by atoms with Crippen LogP contribution < -0.4 is 5.73 Å². The van der Waals surface area contributed by atoms with Gasteiger partial charge in [-0.15, -0.1) is 0 Å². The topological polar surface area (TPSA) is 75.9 Å². The molecule has 0 aliphatic carbocycles. The minimum Gasteiger partial charge on any atom is -0.464 e. The lowest BCUT2D eigenvalue weighted by Crippen LogP contribution is -2.54. The largest absolute Gasteiger partial charge is 0.464 e. The molecule has 0 bridgehead atoms. The zero-order chi connectivity index (χ0) is 13.7. The highest BCUT2D eigenvalue weighted by Gasteiger charge is 2.31. The fourth-order valence-electron chi connectivity index (χ4n) is 2.19. The minimum atomic E-state index is -1.21. The molecule has 2 atom stereocenters. The highest BCUT2D eigenvalue weighted by molar-refractivity contribution is 6.01. The zero-order valence-electron chi connectivity index (χ0n) is 11.4. The lowest BCUT2D eigenvalue weighted by atomic mass is 10.0. The SMILES string of the molecule is CCOC(=O)C(N)C(=O)N(C)C1CCCN(C)C1. The number of hydrogen-bond acceptors (Lipinski definition) is 5. The summed E-state index contributed by atoms with van der Waals surface area (Å²) in [6, 6.07) is -1.08. The van der Waals surface area contributed by atoms with E-state index in [4.69, 9.17) is 10.5 Å². The summed E-state index contributed by atoms with van der Waals surface area (Å²) in [5.41, 5.74) is 5.61. The average Bonchev–Trinajstić information content (AvgIpc) is 2.36. The highest BCUT2D eigenvalue weighted by atomic mass is 16.5. The maximum atomic E-state index is 12.0. The van der Waals surface area contributed by atoms with Crippen molar-refractivity contribution < 1.29 is 14.3 Å². The number of amides is 1. The molecule has 0 radical (unpaired) electrons. The molecule has 0 spiro atoms. The molecule has 1 amide bonds. The molecule has 1 aliphatic heterocycles. The van der Waals surface area contributed by atoms with Crippen molar-refractivity contribution in [2.24, 2.45) is 5.73 Å². The van der Waals surface area contributed by atoms with Crippen molar-refractivity contribution in [3.05, 3.63) is 0 Å². The number of piperidine rings is 1. The van der Waals surface area contributed by atoms with E-state index in [1.165, 1.54) is 0 Å². The fourth-order valence-corrected chi connectivity index (χ4v) is 2.19. The second-order valence-electron chi connectivity index (χ2n) is 4.74. The number of carbonyl (C=O) groups is 2. The van der Waals surface area contributed by atoms with Crippen LogP contribution in [0.4, 0.5) is 0 Å². The number of nitrogens with two attached hydrogens (primary N) is 1. The third kappa shape index (κ3) is 3.68. The second kappa shape index (κ2) is 6.70. The van der Waals surface area contributed by atoms with Crippen molar-refractivity contribution in [1.82, 2.24) is 9.80 Å². The van der Waals surface area contributed by atoms with E-state index in [2.05, 4.69) is 4.90 Å². The van der Waals surface area contributed by atoms with E-state index in [0.29, 0.717) is 0 Å². The molecular weight excluding hydrogens is 234 g/mol. The number of ether oxygens (including phenoxy) is 1. The van der Waals surface area contributed by atoms with Crippen molar-refractivity contribution in [2.45, 2.75) is 31.8 Å². The van der Waals surface area contributed by atoms with Crippen LogP contribution in [0.2, 0.25) is 0 Å². The van der Waals surface area contributed by atoms with Gasteiger partial charge in [0.25, 0.3) is 5.91 Å². The molecule has 1 aliphatic rings. The van der Waals surface area contributed by atoms with Gasteiger partial charge in [-0.05, 0) is 33.4 Å². The Labute approximate surface area is 108 Å². The van der Waals surface area contributed by atoms with Crippen molar-refractivity contribution in [2.75, 3.05) is 33.8 Å². The van der Waals surface area contributed by atoms with Crippen molar-refractivity contribution in [3.63, 3.8) is 0 Å². The van der Waals surface area contributed by atoms with Crippen molar-refractivity contribution in [3.8, 4) is 0 Å². The summed E-state index contributed by atoms with van der Waals surface area (Å²) in [4.78, 5) is 27.2. The summed E-state index contributed by atoms with van der Waals surface area (Å²) in [5, 5.41) is 0. The molecule has 0 aromatic carbocycles. The van der Waals surface area contributed by atoms with Crippen LogP contribution in [0.25, 0.3) is 0 Å². The number of likely N-dealkylation sites (N-methyl/N-ethyl adjacent to an activating group) is 2. The fraction of sp³-hybridized carbons (Fsp3) is 0.833. The Kier molecular flexibility index (Phi) is 5.55. The zero-order valence-corrected chi connectivity index (χ0v) is 11.4. The quantitative estimate of drug-likeness (QED) is 0.539. The first-order chi connectivity index (χ1) is 8.47. The van der Waals surface area contributed by atoms with Crippen LogP contribution in [0, 0.1) is 0 Å². The Hall–Kier alpha value is -1.14. The van der Waals surface area contributed by atoms with E-state index in [9.17, 15) is 9.59 Å². The highest BCUT2D eigenvalue weighted by Crippen LogP contribution is 2.14. The number of carbonyl (C=O) groups excluding carboxylic acids is 2. The Balaban J connectivity index is 2.56.